The van der Waals surface area contributed by atoms with E-state index < -0.39 is 22.0 Å². The predicted molar refractivity (Wildman–Crippen MR) is 173 cm³/mol. The summed E-state index contributed by atoms with van der Waals surface area (Å²) in [4.78, 5) is 37.5. The molecule has 2 N–H and O–H groups in total. The fraction of sp³-hybridized carbons (Fsp3) is 0.226. The standard InChI is InChI=1S/C31H28ClN9O4S/c1-17-11-22(18(2)34-24-9-10-26(32)35-28(24)29(42)38-46(4,44)45)27-23(12-17)30(43)39(3)31(36-27)40-14-20-15-41(37-25(20)16-40)21-7-5-19(13-33)6-8-21/h5-12,15,18,34H,14,16H2,1-4H3,(H,38,42)/t18-/m1/s1. The number of nitrogens with one attached hydrogen (secondary N) is 2. The molecule has 1 aliphatic heterocycles. The van der Waals surface area contributed by atoms with E-state index in [-0.39, 0.29) is 22.1 Å². The van der Waals surface area contributed by atoms with Gasteiger partial charge in [0.1, 0.15) is 5.15 Å². The van der Waals surface area contributed by atoms with Crippen molar-refractivity contribution >= 4 is 50.1 Å². The molecule has 6 rings (SSSR count). The Hall–Kier alpha value is -5.26. The van der Waals surface area contributed by atoms with Gasteiger partial charge < -0.3 is 10.2 Å². The van der Waals surface area contributed by atoms with E-state index in [1.807, 2.05) is 47.9 Å². The zero-order valence-electron chi connectivity index (χ0n) is 25.2. The number of aromatic nitrogens is 5. The molecule has 2 aromatic carbocycles. The van der Waals surface area contributed by atoms with E-state index in [1.54, 1.807) is 29.9 Å². The largest absolute Gasteiger partial charge is 0.377 e. The lowest BCUT2D eigenvalue weighted by molar-refractivity contribution is 0.0977. The minimum Gasteiger partial charge on any atom is -0.377 e. The highest BCUT2D eigenvalue weighted by atomic mass is 35.5. The van der Waals surface area contributed by atoms with Crippen LogP contribution in [0.4, 0.5) is 11.6 Å². The number of halogens is 1. The van der Waals surface area contributed by atoms with E-state index in [1.165, 1.54) is 16.7 Å². The van der Waals surface area contributed by atoms with Crippen molar-refractivity contribution in [3.05, 3.63) is 104 Å². The normalized spacial score (nSPS) is 13.3. The second kappa shape index (κ2) is 11.6. The number of hydrogen-bond acceptors (Lipinski definition) is 10. The molecule has 0 bridgehead atoms. The monoisotopic (exact) mass is 657 g/mol. The second-order valence-corrected chi connectivity index (χ2v) is 13.3. The summed E-state index contributed by atoms with van der Waals surface area (Å²) in [5, 5.41) is 17.5. The molecular weight excluding hydrogens is 630 g/mol. The fourth-order valence-electron chi connectivity index (χ4n) is 5.52. The number of carbonyl (C=O) groups is 1. The van der Waals surface area contributed by atoms with Crippen LogP contribution >= 0.6 is 11.6 Å². The van der Waals surface area contributed by atoms with E-state index in [0.29, 0.717) is 41.1 Å². The van der Waals surface area contributed by atoms with Gasteiger partial charge in [-0.25, -0.2) is 27.8 Å². The van der Waals surface area contributed by atoms with Gasteiger partial charge >= 0.3 is 0 Å². The number of aryl methyl sites for hydroxylation is 1. The number of nitriles is 1. The van der Waals surface area contributed by atoms with Crippen LogP contribution in [0, 0.1) is 18.3 Å². The van der Waals surface area contributed by atoms with Gasteiger partial charge in [-0.05, 0) is 61.9 Å². The number of pyridine rings is 1. The molecule has 46 heavy (non-hydrogen) atoms. The van der Waals surface area contributed by atoms with Gasteiger partial charge in [0, 0.05) is 30.9 Å². The van der Waals surface area contributed by atoms with E-state index in [4.69, 9.17) is 26.9 Å². The van der Waals surface area contributed by atoms with Gasteiger partial charge in [-0.1, -0.05) is 17.7 Å². The molecule has 3 aromatic heterocycles. The first-order valence-corrected chi connectivity index (χ1v) is 16.4. The van der Waals surface area contributed by atoms with Crippen LogP contribution < -0.4 is 20.5 Å². The maximum atomic E-state index is 13.7. The van der Waals surface area contributed by atoms with E-state index in [2.05, 4.69) is 16.4 Å². The summed E-state index contributed by atoms with van der Waals surface area (Å²) in [7, 11) is -2.16. The molecule has 15 heteroatoms. The number of fused-ring (bicyclic) bond motifs is 2. The minimum absolute atomic E-state index is 0.0165. The number of hydrogen-bond donors (Lipinski definition) is 2. The molecule has 0 spiro atoms. The lowest BCUT2D eigenvalue weighted by Gasteiger charge is -2.23. The number of benzene rings is 2. The molecule has 0 unspecified atom stereocenters. The fourth-order valence-corrected chi connectivity index (χ4v) is 6.10. The zero-order valence-corrected chi connectivity index (χ0v) is 26.8. The lowest BCUT2D eigenvalue weighted by Crippen LogP contribution is -2.31. The quantitative estimate of drug-likeness (QED) is 0.246. The Labute approximate surface area is 269 Å². The number of carbonyl (C=O) groups excluding carboxylic acids is 1. The van der Waals surface area contributed by atoms with Crippen molar-refractivity contribution < 1.29 is 13.2 Å². The molecule has 1 atom stereocenters. The molecule has 5 aromatic rings. The van der Waals surface area contributed by atoms with Gasteiger partial charge in [-0.3, -0.25) is 14.2 Å². The van der Waals surface area contributed by atoms with Crippen LogP contribution in [0.25, 0.3) is 16.6 Å². The summed E-state index contributed by atoms with van der Waals surface area (Å²) >= 11 is 6.04. The van der Waals surface area contributed by atoms with Crippen molar-refractivity contribution in [2.24, 2.45) is 7.05 Å². The average Bonchev–Trinajstić information content (AvgIpc) is 3.59. The van der Waals surface area contributed by atoms with Gasteiger partial charge in [0.15, 0.2) is 5.69 Å². The first kappa shape index (κ1) is 30.8. The van der Waals surface area contributed by atoms with Crippen molar-refractivity contribution in [2.45, 2.75) is 33.0 Å². The van der Waals surface area contributed by atoms with Gasteiger partial charge in [-0.15, -0.1) is 0 Å². The van der Waals surface area contributed by atoms with E-state index in [0.717, 1.165) is 28.8 Å². The van der Waals surface area contributed by atoms with E-state index in [9.17, 15) is 18.0 Å². The van der Waals surface area contributed by atoms with Gasteiger partial charge in [-0.2, -0.15) is 10.4 Å². The Bertz CT molecular complexity index is 2230. The summed E-state index contributed by atoms with van der Waals surface area (Å²) < 4.78 is 28.7. The highest BCUT2D eigenvalue weighted by Crippen LogP contribution is 2.31. The SMILES string of the molecule is Cc1cc([C@@H](C)Nc2ccc(Cl)nc2C(=O)NS(C)(=O)=O)c2nc(N3Cc4cn(-c5ccc(C#N)cc5)nc4C3)n(C)c(=O)c2c1. The minimum atomic E-state index is -3.85. The maximum Gasteiger partial charge on any atom is 0.285 e. The average molecular weight is 658 g/mol. The van der Waals surface area contributed by atoms with Crippen LogP contribution in [0.3, 0.4) is 0 Å². The highest BCUT2D eigenvalue weighted by molar-refractivity contribution is 7.89. The number of sulfonamides is 1. The van der Waals surface area contributed by atoms with Crippen molar-refractivity contribution in [1.29, 1.82) is 5.26 Å². The number of amides is 1. The Morgan fingerprint density at radius 3 is 2.52 bits per heavy atom. The molecule has 1 amide bonds. The van der Waals surface area contributed by atoms with Gasteiger partial charge in [0.25, 0.3) is 11.5 Å². The number of nitrogens with zero attached hydrogens (tertiary/aromatic N) is 7. The van der Waals surface area contributed by atoms with Crippen LogP contribution in [0.5, 0.6) is 0 Å². The molecular formula is C31H28ClN9O4S. The molecule has 4 heterocycles. The lowest BCUT2D eigenvalue weighted by atomic mass is 10.0. The maximum absolute atomic E-state index is 13.7. The molecule has 0 fully saturated rings. The van der Waals surface area contributed by atoms with Crippen LogP contribution in [-0.2, 0) is 30.2 Å². The molecule has 0 radical (unpaired) electrons. The molecule has 1 aliphatic rings. The number of rotatable bonds is 7. The van der Waals surface area contributed by atoms with E-state index >= 15 is 0 Å². The van der Waals surface area contributed by atoms with Crippen molar-refractivity contribution in [3.63, 3.8) is 0 Å². The topological polar surface area (TPSA) is 168 Å². The summed E-state index contributed by atoms with van der Waals surface area (Å²) in [6.45, 7) is 4.65. The van der Waals surface area contributed by atoms with Crippen LogP contribution in [-0.4, -0.2) is 44.9 Å². The third-order valence-corrected chi connectivity index (χ3v) is 8.41. The third kappa shape index (κ3) is 5.90. The summed E-state index contributed by atoms with van der Waals surface area (Å²) in [6.07, 6.45) is 2.81. The van der Waals surface area contributed by atoms with Crippen LogP contribution in [0.15, 0.2) is 59.5 Å². The second-order valence-electron chi connectivity index (χ2n) is 11.2. The predicted octanol–water partition coefficient (Wildman–Crippen LogP) is 3.73. The number of anilines is 2. The smallest absolute Gasteiger partial charge is 0.285 e. The Kier molecular flexibility index (Phi) is 7.75. The van der Waals surface area contributed by atoms with Crippen molar-refractivity contribution in [2.75, 3.05) is 16.5 Å². The molecule has 234 valence electrons. The zero-order chi connectivity index (χ0) is 32.9. The summed E-state index contributed by atoms with van der Waals surface area (Å²) in [5.41, 5.74) is 5.11. The van der Waals surface area contributed by atoms with Crippen molar-refractivity contribution in [3.8, 4) is 11.8 Å². The Balaban J connectivity index is 1.34. The summed E-state index contributed by atoms with van der Waals surface area (Å²) in [6, 6.07) is 15.5. The van der Waals surface area contributed by atoms with Crippen molar-refractivity contribution in [1.82, 2.24) is 29.0 Å². The summed E-state index contributed by atoms with van der Waals surface area (Å²) in [5.74, 6) is -0.461. The first-order chi connectivity index (χ1) is 21.8. The third-order valence-electron chi connectivity index (χ3n) is 7.65. The molecule has 13 nitrogen and oxygen atoms in total. The van der Waals surface area contributed by atoms with Gasteiger partial charge in [0.05, 0.1) is 58.4 Å². The Morgan fingerprint density at radius 1 is 1.11 bits per heavy atom. The first-order valence-electron chi connectivity index (χ1n) is 14.1. The van der Waals surface area contributed by atoms with Gasteiger partial charge in [0.2, 0.25) is 16.0 Å². The molecule has 0 saturated carbocycles. The molecule has 0 aliphatic carbocycles. The van der Waals surface area contributed by atoms with Crippen LogP contribution in [0.1, 0.15) is 51.4 Å². The molecule has 0 saturated heterocycles. The van der Waals surface area contributed by atoms with Crippen LogP contribution in [0.2, 0.25) is 5.15 Å². The highest BCUT2D eigenvalue weighted by Gasteiger charge is 2.28. The Morgan fingerprint density at radius 2 is 1.85 bits per heavy atom.